The number of fused-ring (bicyclic) bond motifs is 6. The number of nitrogens with zero attached hydrogens (tertiary/aromatic N) is 5. The Hall–Kier alpha value is -2.48. The van der Waals surface area contributed by atoms with Gasteiger partial charge in [0.05, 0.1) is 29.9 Å². The predicted molar refractivity (Wildman–Crippen MR) is 154 cm³/mol. The quantitative estimate of drug-likeness (QED) is 0.272. The Morgan fingerprint density at radius 2 is 1.30 bits per heavy atom. The zero-order chi connectivity index (χ0) is 28.4. The largest absolute Gasteiger partial charge is 0.481 e. The SMILES string of the molecule is O=C(O)[C@H]1CCc2c(sc3ncnc(Cl)c23)C1.O=C([C@H]1CCc2c(sc3ncnc(Cl)c23)C1)N(CCO)CCO. The first kappa shape index (κ1) is 29.0. The molecule has 10 nitrogen and oxygen atoms in total. The Labute approximate surface area is 247 Å². The summed E-state index contributed by atoms with van der Waals surface area (Å²) < 4.78 is 0. The fourth-order valence-electron chi connectivity index (χ4n) is 5.40. The molecule has 212 valence electrons. The standard InChI is InChI=1S/C15H18ClN3O3S.C11H9ClN2O2S/c16-13-12-10-2-1-9(15(22)19(3-5-20)4-6-21)7-11(10)23-14(12)18-8-17-13;12-9-8-6-2-1-5(11(15)16)3-7(6)17-10(8)14-4-13-9/h8-9,20-21H,1-7H2;4-5H,1-3H2,(H,15,16)/t9-;5-/m00/s1. The smallest absolute Gasteiger partial charge is 0.306 e. The van der Waals surface area contributed by atoms with E-state index in [4.69, 9.17) is 38.5 Å². The maximum absolute atomic E-state index is 12.6. The van der Waals surface area contributed by atoms with Gasteiger partial charge in [-0.05, 0) is 49.7 Å². The zero-order valence-electron chi connectivity index (χ0n) is 21.3. The number of aliphatic hydroxyl groups is 2. The van der Waals surface area contributed by atoms with Crippen LogP contribution >= 0.6 is 45.9 Å². The molecule has 6 rings (SSSR count). The van der Waals surface area contributed by atoms with Crippen molar-refractivity contribution in [2.45, 2.75) is 38.5 Å². The number of rotatable bonds is 6. The van der Waals surface area contributed by atoms with Gasteiger partial charge in [0.15, 0.2) is 0 Å². The highest BCUT2D eigenvalue weighted by molar-refractivity contribution is 7.19. The fourth-order valence-corrected chi connectivity index (χ4v) is 8.54. The van der Waals surface area contributed by atoms with Crippen LogP contribution in [0.2, 0.25) is 10.3 Å². The van der Waals surface area contributed by atoms with Gasteiger partial charge in [0.25, 0.3) is 0 Å². The van der Waals surface area contributed by atoms with Crippen LogP contribution in [0.4, 0.5) is 0 Å². The molecule has 0 unspecified atom stereocenters. The Kier molecular flexibility index (Phi) is 9.13. The topological polar surface area (TPSA) is 150 Å². The molecule has 3 N–H and O–H groups in total. The molecule has 0 fully saturated rings. The molecule has 4 heterocycles. The van der Waals surface area contributed by atoms with Crippen molar-refractivity contribution in [3.63, 3.8) is 0 Å². The Balaban J connectivity index is 0.000000168. The van der Waals surface area contributed by atoms with Gasteiger partial charge >= 0.3 is 5.97 Å². The number of aromatic nitrogens is 4. The highest BCUT2D eigenvalue weighted by Gasteiger charge is 2.31. The van der Waals surface area contributed by atoms with Gasteiger partial charge in [-0.15, -0.1) is 22.7 Å². The van der Waals surface area contributed by atoms with Crippen LogP contribution in [0, 0.1) is 11.8 Å². The lowest BCUT2D eigenvalue weighted by Crippen LogP contribution is -2.41. The number of hydrogen-bond acceptors (Lipinski definition) is 10. The lowest BCUT2D eigenvalue weighted by atomic mass is 9.87. The summed E-state index contributed by atoms with van der Waals surface area (Å²) >= 11 is 15.4. The van der Waals surface area contributed by atoms with E-state index in [0.29, 0.717) is 29.6 Å². The molecule has 2 aliphatic carbocycles. The number of aryl methyl sites for hydroxylation is 2. The van der Waals surface area contributed by atoms with E-state index >= 15 is 0 Å². The molecule has 0 aromatic carbocycles. The van der Waals surface area contributed by atoms with Crippen LogP contribution < -0.4 is 0 Å². The van der Waals surface area contributed by atoms with Crippen molar-refractivity contribution in [1.29, 1.82) is 0 Å². The number of aliphatic hydroxyl groups excluding tert-OH is 2. The van der Waals surface area contributed by atoms with Crippen molar-refractivity contribution in [2.75, 3.05) is 26.3 Å². The lowest BCUT2D eigenvalue weighted by molar-refractivity contribution is -0.142. The van der Waals surface area contributed by atoms with Crippen LogP contribution in [-0.2, 0) is 35.3 Å². The van der Waals surface area contributed by atoms with Gasteiger partial charge in [-0.3, -0.25) is 9.59 Å². The number of carboxylic acids is 1. The minimum Gasteiger partial charge on any atom is -0.481 e. The van der Waals surface area contributed by atoms with E-state index in [-0.39, 0.29) is 44.0 Å². The van der Waals surface area contributed by atoms with E-state index in [9.17, 15) is 9.59 Å². The average molecular weight is 625 g/mol. The van der Waals surface area contributed by atoms with Crippen molar-refractivity contribution in [2.24, 2.45) is 11.8 Å². The van der Waals surface area contributed by atoms with E-state index in [2.05, 4.69) is 19.9 Å². The Morgan fingerprint density at radius 1 is 0.825 bits per heavy atom. The Morgan fingerprint density at radius 3 is 1.77 bits per heavy atom. The number of carboxylic acid groups (broad SMARTS) is 1. The number of thiophene rings is 2. The predicted octanol–water partition coefficient (Wildman–Crippen LogP) is 3.80. The van der Waals surface area contributed by atoms with Crippen molar-refractivity contribution in [3.05, 3.63) is 43.8 Å². The van der Waals surface area contributed by atoms with Crippen LogP contribution in [0.15, 0.2) is 12.7 Å². The molecular formula is C26H27Cl2N5O5S2. The number of hydrogen-bond donors (Lipinski definition) is 3. The van der Waals surface area contributed by atoms with Crippen LogP contribution in [0.5, 0.6) is 0 Å². The van der Waals surface area contributed by atoms with Crippen LogP contribution in [0.25, 0.3) is 20.4 Å². The molecule has 0 bridgehead atoms. The van der Waals surface area contributed by atoms with Gasteiger partial charge in [0.2, 0.25) is 5.91 Å². The molecular weight excluding hydrogens is 597 g/mol. The minimum atomic E-state index is -0.717. The summed E-state index contributed by atoms with van der Waals surface area (Å²) in [5.74, 6) is -1.12. The summed E-state index contributed by atoms with van der Waals surface area (Å²) in [4.78, 5) is 45.6. The first-order valence-corrected chi connectivity index (χ1v) is 15.3. The molecule has 0 spiro atoms. The molecule has 14 heteroatoms. The summed E-state index contributed by atoms with van der Waals surface area (Å²) in [6.07, 6.45) is 7.06. The third-order valence-electron chi connectivity index (χ3n) is 7.35. The second-order valence-corrected chi connectivity index (χ2v) is 12.6. The number of amides is 1. The third kappa shape index (κ3) is 5.79. The van der Waals surface area contributed by atoms with E-state index in [1.807, 2.05) is 0 Å². The van der Waals surface area contributed by atoms with Crippen molar-refractivity contribution >= 4 is 78.2 Å². The van der Waals surface area contributed by atoms with E-state index in [1.165, 1.54) is 28.9 Å². The van der Waals surface area contributed by atoms with Crippen LogP contribution in [0.3, 0.4) is 0 Å². The second kappa shape index (κ2) is 12.6. The van der Waals surface area contributed by atoms with Gasteiger partial charge in [-0.2, -0.15) is 0 Å². The number of carbonyl (C=O) groups is 2. The molecule has 0 aliphatic heterocycles. The van der Waals surface area contributed by atoms with Gasteiger partial charge in [0, 0.05) is 28.8 Å². The van der Waals surface area contributed by atoms with E-state index in [1.54, 1.807) is 11.3 Å². The number of aliphatic carboxylic acids is 1. The van der Waals surface area contributed by atoms with Crippen molar-refractivity contribution in [3.8, 4) is 0 Å². The van der Waals surface area contributed by atoms with Gasteiger partial charge in [-0.1, -0.05) is 23.2 Å². The number of carbonyl (C=O) groups excluding carboxylic acids is 1. The van der Waals surface area contributed by atoms with Crippen molar-refractivity contribution < 1.29 is 24.9 Å². The average Bonchev–Trinajstić information content (AvgIpc) is 3.51. The normalized spacial score (nSPS) is 18.1. The molecule has 40 heavy (non-hydrogen) atoms. The molecule has 4 aromatic heterocycles. The minimum absolute atomic E-state index is 0.00612. The monoisotopic (exact) mass is 623 g/mol. The van der Waals surface area contributed by atoms with Gasteiger partial charge in [-0.25, -0.2) is 19.9 Å². The molecule has 0 saturated carbocycles. The first-order chi connectivity index (χ1) is 19.3. The van der Waals surface area contributed by atoms with Crippen molar-refractivity contribution in [1.82, 2.24) is 24.8 Å². The summed E-state index contributed by atoms with van der Waals surface area (Å²) in [5, 5.41) is 30.0. The van der Waals surface area contributed by atoms with E-state index < -0.39 is 5.97 Å². The molecule has 0 radical (unpaired) electrons. The third-order valence-corrected chi connectivity index (χ3v) is 10.2. The van der Waals surface area contributed by atoms with Gasteiger partial charge in [0.1, 0.15) is 32.6 Å². The molecule has 2 atom stereocenters. The van der Waals surface area contributed by atoms with Gasteiger partial charge < -0.3 is 20.2 Å². The lowest BCUT2D eigenvalue weighted by Gasteiger charge is -2.28. The van der Waals surface area contributed by atoms with E-state index in [0.717, 1.165) is 60.6 Å². The highest BCUT2D eigenvalue weighted by atomic mass is 35.5. The summed E-state index contributed by atoms with van der Waals surface area (Å²) in [6.45, 7) is 0.314. The summed E-state index contributed by atoms with van der Waals surface area (Å²) in [5.41, 5.74) is 2.31. The second-order valence-electron chi connectivity index (χ2n) is 9.69. The summed E-state index contributed by atoms with van der Waals surface area (Å²) in [6, 6.07) is 0. The van der Waals surface area contributed by atoms with Crippen LogP contribution in [-0.4, -0.2) is 78.3 Å². The Bertz CT molecular complexity index is 1560. The van der Waals surface area contributed by atoms with Crippen LogP contribution in [0.1, 0.15) is 33.7 Å². The highest BCUT2D eigenvalue weighted by Crippen LogP contribution is 2.41. The maximum Gasteiger partial charge on any atom is 0.306 e. The zero-order valence-corrected chi connectivity index (χ0v) is 24.5. The molecule has 1 amide bonds. The maximum atomic E-state index is 12.6. The molecule has 2 aliphatic rings. The fraction of sp³-hybridized carbons (Fsp3) is 0.462. The molecule has 4 aromatic rings. The molecule has 0 saturated heterocycles. The first-order valence-electron chi connectivity index (χ1n) is 12.9. The number of halogens is 2. The summed E-state index contributed by atoms with van der Waals surface area (Å²) in [7, 11) is 0.